The first-order valence-electron chi connectivity index (χ1n) is 5.74. The molecule has 1 aromatic heterocycles. The predicted octanol–water partition coefficient (Wildman–Crippen LogP) is 3.77. The van der Waals surface area contributed by atoms with Gasteiger partial charge < -0.3 is 0 Å². The summed E-state index contributed by atoms with van der Waals surface area (Å²) in [5.74, 6) is 0. The third-order valence-electron chi connectivity index (χ3n) is 2.91. The summed E-state index contributed by atoms with van der Waals surface area (Å²) in [6, 6.07) is 6.67. The minimum absolute atomic E-state index is 0.859. The van der Waals surface area contributed by atoms with Crippen molar-refractivity contribution in [2.75, 3.05) is 0 Å². The van der Waals surface area contributed by atoms with Crippen LogP contribution in [0, 0.1) is 31.3 Å². The van der Waals surface area contributed by atoms with E-state index in [1.807, 2.05) is 0 Å². The fourth-order valence-electron chi connectivity index (χ4n) is 2.16. The van der Waals surface area contributed by atoms with Crippen molar-refractivity contribution >= 4 is 22.6 Å². The van der Waals surface area contributed by atoms with E-state index in [-0.39, 0.29) is 0 Å². The zero-order valence-electron chi connectivity index (χ0n) is 10.7. The van der Waals surface area contributed by atoms with Crippen molar-refractivity contribution in [3.8, 4) is 0 Å². The van der Waals surface area contributed by atoms with Gasteiger partial charge >= 0.3 is 0 Å². The quantitative estimate of drug-likeness (QED) is 0.761. The zero-order valence-corrected chi connectivity index (χ0v) is 12.9. The molecule has 1 heterocycles. The molecular weight excluding hydrogens is 323 g/mol. The minimum Gasteiger partial charge on any atom is -0.264 e. The molecule has 17 heavy (non-hydrogen) atoms. The number of rotatable bonds is 2. The summed E-state index contributed by atoms with van der Waals surface area (Å²) in [7, 11) is 0. The van der Waals surface area contributed by atoms with E-state index in [0.717, 1.165) is 12.2 Å². The molecule has 3 heteroatoms. The monoisotopic (exact) mass is 340 g/mol. The SMILES string of the molecule is Cc1cc(C)cc(Cn2nc(C)c(I)c2C)c1. The molecule has 0 unspecified atom stereocenters. The van der Waals surface area contributed by atoms with Gasteiger partial charge in [-0.05, 0) is 55.8 Å². The van der Waals surface area contributed by atoms with Crippen molar-refractivity contribution in [3.63, 3.8) is 0 Å². The number of aryl methyl sites for hydroxylation is 3. The molecule has 0 amide bonds. The Balaban J connectivity index is 2.34. The van der Waals surface area contributed by atoms with Crippen LogP contribution in [0.3, 0.4) is 0 Å². The Morgan fingerprint density at radius 3 is 2.12 bits per heavy atom. The lowest BCUT2D eigenvalue weighted by Gasteiger charge is -2.07. The van der Waals surface area contributed by atoms with Gasteiger partial charge in [0.15, 0.2) is 0 Å². The van der Waals surface area contributed by atoms with Crippen LogP contribution in [-0.2, 0) is 6.54 Å². The van der Waals surface area contributed by atoms with E-state index < -0.39 is 0 Å². The van der Waals surface area contributed by atoms with Crippen LogP contribution in [0.1, 0.15) is 28.1 Å². The van der Waals surface area contributed by atoms with Crippen LogP contribution < -0.4 is 0 Å². The third-order valence-corrected chi connectivity index (χ3v) is 4.47. The van der Waals surface area contributed by atoms with Crippen molar-refractivity contribution in [1.29, 1.82) is 0 Å². The topological polar surface area (TPSA) is 17.8 Å². The Bertz CT molecular complexity index is 535. The summed E-state index contributed by atoms with van der Waals surface area (Å²) in [4.78, 5) is 0. The predicted molar refractivity (Wildman–Crippen MR) is 79.4 cm³/mol. The fraction of sp³-hybridized carbons (Fsp3) is 0.357. The van der Waals surface area contributed by atoms with E-state index in [4.69, 9.17) is 0 Å². The smallest absolute Gasteiger partial charge is 0.0730 e. The molecule has 0 aliphatic carbocycles. The van der Waals surface area contributed by atoms with Gasteiger partial charge in [0.25, 0.3) is 0 Å². The molecule has 0 spiro atoms. The van der Waals surface area contributed by atoms with E-state index >= 15 is 0 Å². The Morgan fingerprint density at radius 2 is 1.65 bits per heavy atom. The van der Waals surface area contributed by atoms with E-state index in [1.165, 1.54) is 26.0 Å². The second-order valence-corrected chi connectivity index (χ2v) is 5.72. The van der Waals surface area contributed by atoms with Crippen molar-refractivity contribution in [2.45, 2.75) is 34.2 Å². The van der Waals surface area contributed by atoms with Gasteiger partial charge in [-0.3, -0.25) is 4.68 Å². The standard InChI is InChI=1S/C14H17IN2/c1-9-5-10(2)7-13(6-9)8-17-12(4)14(15)11(3)16-17/h5-7H,8H2,1-4H3. The van der Waals surface area contributed by atoms with Crippen LogP contribution in [0.15, 0.2) is 18.2 Å². The van der Waals surface area contributed by atoms with Crippen LogP contribution in [0.4, 0.5) is 0 Å². The molecule has 0 fully saturated rings. The Kier molecular flexibility index (Phi) is 3.56. The third kappa shape index (κ3) is 2.70. The van der Waals surface area contributed by atoms with Crippen molar-refractivity contribution in [3.05, 3.63) is 49.8 Å². The van der Waals surface area contributed by atoms with Crippen LogP contribution >= 0.6 is 22.6 Å². The highest BCUT2D eigenvalue weighted by molar-refractivity contribution is 14.1. The Hall–Kier alpha value is -0.840. The second kappa shape index (κ2) is 4.80. The number of benzene rings is 1. The number of hydrogen-bond donors (Lipinski definition) is 0. The number of halogens is 1. The highest BCUT2D eigenvalue weighted by Gasteiger charge is 2.08. The van der Waals surface area contributed by atoms with E-state index in [9.17, 15) is 0 Å². The van der Waals surface area contributed by atoms with Crippen molar-refractivity contribution in [2.24, 2.45) is 0 Å². The molecule has 0 N–H and O–H groups in total. The van der Waals surface area contributed by atoms with Crippen LogP contribution in [0.5, 0.6) is 0 Å². The fourth-order valence-corrected chi connectivity index (χ4v) is 2.55. The maximum absolute atomic E-state index is 4.57. The lowest BCUT2D eigenvalue weighted by molar-refractivity contribution is 0.658. The van der Waals surface area contributed by atoms with Crippen molar-refractivity contribution in [1.82, 2.24) is 9.78 Å². The summed E-state index contributed by atoms with van der Waals surface area (Å²) in [6.07, 6.45) is 0. The van der Waals surface area contributed by atoms with Gasteiger partial charge in [-0.1, -0.05) is 29.3 Å². The number of hydrogen-bond acceptors (Lipinski definition) is 1. The van der Waals surface area contributed by atoms with Crippen molar-refractivity contribution < 1.29 is 0 Å². The maximum atomic E-state index is 4.57. The molecule has 0 saturated carbocycles. The van der Waals surface area contributed by atoms with E-state index in [1.54, 1.807) is 0 Å². The van der Waals surface area contributed by atoms with Gasteiger partial charge in [0.2, 0.25) is 0 Å². The summed E-state index contributed by atoms with van der Waals surface area (Å²) in [5, 5.41) is 4.57. The Labute approximate surface area is 116 Å². The van der Waals surface area contributed by atoms with E-state index in [0.29, 0.717) is 0 Å². The molecule has 0 saturated heterocycles. The molecule has 0 bridgehead atoms. The summed E-state index contributed by atoms with van der Waals surface area (Å²) >= 11 is 2.36. The lowest BCUT2D eigenvalue weighted by Crippen LogP contribution is -2.04. The maximum Gasteiger partial charge on any atom is 0.0730 e. The molecule has 0 aliphatic rings. The van der Waals surface area contributed by atoms with Gasteiger partial charge in [0, 0.05) is 5.69 Å². The average Bonchev–Trinajstić information content (AvgIpc) is 2.45. The highest BCUT2D eigenvalue weighted by Crippen LogP contribution is 2.17. The summed E-state index contributed by atoms with van der Waals surface area (Å²) in [5.41, 5.74) is 6.33. The molecular formula is C14H17IN2. The first kappa shape index (κ1) is 12.6. The molecule has 0 atom stereocenters. The summed E-state index contributed by atoms with van der Waals surface area (Å²) in [6.45, 7) is 9.33. The average molecular weight is 340 g/mol. The van der Waals surface area contributed by atoms with Gasteiger partial charge in [-0.15, -0.1) is 0 Å². The number of aromatic nitrogens is 2. The largest absolute Gasteiger partial charge is 0.264 e. The number of nitrogens with zero attached hydrogens (tertiary/aromatic N) is 2. The molecule has 1 aromatic carbocycles. The van der Waals surface area contributed by atoms with Crippen LogP contribution in [0.25, 0.3) is 0 Å². The molecule has 90 valence electrons. The second-order valence-electron chi connectivity index (χ2n) is 4.64. The molecule has 0 radical (unpaired) electrons. The molecule has 2 nitrogen and oxygen atoms in total. The highest BCUT2D eigenvalue weighted by atomic mass is 127. The Morgan fingerprint density at radius 1 is 1.06 bits per heavy atom. The van der Waals surface area contributed by atoms with E-state index in [2.05, 4.69) is 78.3 Å². The van der Waals surface area contributed by atoms with Crippen LogP contribution in [0.2, 0.25) is 0 Å². The zero-order chi connectivity index (χ0) is 12.6. The first-order chi connectivity index (χ1) is 7.97. The van der Waals surface area contributed by atoms with Gasteiger partial charge in [-0.2, -0.15) is 5.10 Å². The van der Waals surface area contributed by atoms with Crippen LogP contribution in [-0.4, -0.2) is 9.78 Å². The van der Waals surface area contributed by atoms with Gasteiger partial charge in [0.05, 0.1) is 15.8 Å². The molecule has 0 aliphatic heterocycles. The molecule has 2 aromatic rings. The lowest BCUT2D eigenvalue weighted by atomic mass is 10.1. The molecule has 2 rings (SSSR count). The normalized spacial score (nSPS) is 10.9. The van der Waals surface area contributed by atoms with Gasteiger partial charge in [0.1, 0.15) is 0 Å². The first-order valence-corrected chi connectivity index (χ1v) is 6.82. The summed E-state index contributed by atoms with van der Waals surface area (Å²) < 4.78 is 3.36. The van der Waals surface area contributed by atoms with Gasteiger partial charge in [-0.25, -0.2) is 0 Å². The minimum atomic E-state index is 0.859.